The second kappa shape index (κ2) is 2.86. The van der Waals surface area contributed by atoms with Crippen molar-refractivity contribution in [2.24, 2.45) is 0 Å². The lowest BCUT2D eigenvalue weighted by molar-refractivity contribution is -0.141. The Balaban J connectivity index is 2.04. The summed E-state index contributed by atoms with van der Waals surface area (Å²) in [6, 6.07) is 0.268. The van der Waals surface area contributed by atoms with Crippen LogP contribution in [0.25, 0.3) is 0 Å². The third kappa shape index (κ3) is 1.12. The van der Waals surface area contributed by atoms with Gasteiger partial charge in [0.15, 0.2) is 0 Å². The number of likely N-dealkylation sites (tertiary alicyclic amines) is 1. The highest BCUT2D eigenvalue weighted by Gasteiger charge is 2.35. The van der Waals surface area contributed by atoms with Crippen LogP contribution < -0.4 is 5.32 Å². The van der Waals surface area contributed by atoms with E-state index in [1.807, 2.05) is 0 Å². The Labute approximate surface area is 70.9 Å². The van der Waals surface area contributed by atoms with E-state index in [1.54, 1.807) is 4.90 Å². The molecule has 2 rings (SSSR count). The lowest BCUT2D eigenvalue weighted by atomic mass is 10.2. The minimum atomic E-state index is -0.274. The molecule has 0 aromatic carbocycles. The standard InChI is InChI=1S/C8H12N2O2/c11-7-2-4-10(8(7)12)6-1-3-9-5-6/h6,9H,1-5H2/t6-/m1/s1. The molecular weight excluding hydrogens is 156 g/mol. The monoisotopic (exact) mass is 168 g/mol. The van der Waals surface area contributed by atoms with E-state index in [4.69, 9.17) is 0 Å². The van der Waals surface area contributed by atoms with Crippen LogP contribution in [-0.2, 0) is 9.59 Å². The maximum absolute atomic E-state index is 11.2. The molecule has 2 aliphatic heterocycles. The Hall–Kier alpha value is -0.900. The van der Waals surface area contributed by atoms with Gasteiger partial charge in [0.1, 0.15) is 0 Å². The summed E-state index contributed by atoms with van der Waals surface area (Å²) in [5.41, 5.74) is 0. The second-order valence-corrected chi connectivity index (χ2v) is 3.32. The Kier molecular flexibility index (Phi) is 1.84. The normalized spacial score (nSPS) is 30.3. The topological polar surface area (TPSA) is 49.4 Å². The zero-order chi connectivity index (χ0) is 8.55. The van der Waals surface area contributed by atoms with Crippen LogP contribution in [0.4, 0.5) is 0 Å². The maximum Gasteiger partial charge on any atom is 0.290 e. The van der Waals surface area contributed by atoms with Gasteiger partial charge in [-0.1, -0.05) is 0 Å². The first kappa shape index (κ1) is 7.73. The van der Waals surface area contributed by atoms with Crippen LogP contribution in [0.3, 0.4) is 0 Å². The van der Waals surface area contributed by atoms with Crippen molar-refractivity contribution in [2.45, 2.75) is 18.9 Å². The van der Waals surface area contributed by atoms with Crippen LogP contribution in [0, 0.1) is 0 Å². The van der Waals surface area contributed by atoms with E-state index in [9.17, 15) is 9.59 Å². The van der Waals surface area contributed by atoms with E-state index >= 15 is 0 Å². The highest BCUT2D eigenvalue weighted by molar-refractivity contribution is 6.37. The average Bonchev–Trinajstić information content (AvgIpc) is 2.64. The molecule has 4 nitrogen and oxygen atoms in total. The molecule has 0 aliphatic carbocycles. The highest BCUT2D eigenvalue weighted by Crippen LogP contribution is 2.15. The van der Waals surface area contributed by atoms with E-state index in [0.29, 0.717) is 13.0 Å². The summed E-state index contributed by atoms with van der Waals surface area (Å²) in [6.45, 7) is 2.44. The van der Waals surface area contributed by atoms with Gasteiger partial charge in [-0.2, -0.15) is 0 Å². The lowest BCUT2D eigenvalue weighted by Crippen LogP contribution is -2.38. The fraction of sp³-hybridized carbons (Fsp3) is 0.750. The number of carbonyl (C=O) groups is 2. The Bertz CT molecular complexity index is 221. The lowest BCUT2D eigenvalue weighted by Gasteiger charge is -2.21. The summed E-state index contributed by atoms with van der Waals surface area (Å²) in [7, 11) is 0. The Morgan fingerprint density at radius 3 is 2.75 bits per heavy atom. The third-order valence-electron chi connectivity index (χ3n) is 2.55. The van der Waals surface area contributed by atoms with Gasteiger partial charge in [-0.15, -0.1) is 0 Å². The van der Waals surface area contributed by atoms with Crippen LogP contribution in [0.15, 0.2) is 0 Å². The predicted molar refractivity (Wildman–Crippen MR) is 42.6 cm³/mol. The van der Waals surface area contributed by atoms with Gasteiger partial charge in [0.2, 0.25) is 5.78 Å². The summed E-state index contributed by atoms with van der Waals surface area (Å²) in [5, 5.41) is 3.18. The number of amides is 1. The average molecular weight is 168 g/mol. The van der Waals surface area contributed by atoms with Gasteiger partial charge in [-0.05, 0) is 13.0 Å². The summed E-state index contributed by atoms with van der Waals surface area (Å²) < 4.78 is 0. The van der Waals surface area contributed by atoms with Gasteiger partial charge in [-0.3, -0.25) is 9.59 Å². The van der Waals surface area contributed by atoms with Crippen molar-refractivity contribution in [1.82, 2.24) is 10.2 Å². The molecule has 1 N–H and O–H groups in total. The zero-order valence-electron chi connectivity index (χ0n) is 6.88. The first-order valence-electron chi connectivity index (χ1n) is 4.33. The number of nitrogens with one attached hydrogen (secondary N) is 1. The van der Waals surface area contributed by atoms with Gasteiger partial charge >= 0.3 is 0 Å². The van der Waals surface area contributed by atoms with Crippen LogP contribution in [0.5, 0.6) is 0 Å². The van der Waals surface area contributed by atoms with Crippen LogP contribution in [-0.4, -0.2) is 42.3 Å². The smallest absolute Gasteiger partial charge is 0.290 e. The number of nitrogens with zero attached hydrogens (tertiary/aromatic N) is 1. The molecular formula is C8H12N2O2. The fourth-order valence-electron chi connectivity index (χ4n) is 1.84. The molecule has 66 valence electrons. The molecule has 0 unspecified atom stereocenters. The van der Waals surface area contributed by atoms with Crippen molar-refractivity contribution >= 4 is 11.7 Å². The van der Waals surface area contributed by atoms with Crippen molar-refractivity contribution in [3.8, 4) is 0 Å². The zero-order valence-corrected chi connectivity index (χ0v) is 6.88. The third-order valence-corrected chi connectivity index (χ3v) is 2.55. The fourth-order valence-corrected chi connectivity index (χ4v) is 1.84. The molecule has 1 amide bonds. The maximum atomic E-state index is 11.2. The molecule has 2 aliphatic rings. The molecule has 0 bridgehead atoms. The van der Waals surface area contributed by atoms with E-state index in [1.165, 1.54) is 0 Å². The van der Waals surface area contributed by atoms with Gasteiger partial charge in [0.25, 0.3) is 5.91 Å². The molecule has 12 heavy (non-hydrogen) atoms. The SMILES string of the molecule is O=C1CCN([C@@H]2CCNC2)C1=O. The van der Waals surface area contributed by atoms with Crippen molar-refractivity contribution < 1.29 is 9.59 Å². The van der Waals surface area contributed by atoms with Crippen LogP contribution >= 0.6 is 0 Å². The van der Waals surface area contributed by atoms with Crippen molar-refractivity contribution in [1.29, 1.82) is 0 Å². The quantitative estimate of drug-likeness (QED) is 0.519. The molecule has 4 heteroatoms. The van der Waals surface area contributed by atoms with Crippen LogP contribution in [0.1, 0.15) is 12.8 Å². The molecule has 0 saturated carbocycles. The molecule has 0 spiro atoms. The second-order valence-electron chi connectivity index (χ2n) is 3.32. The highest BCUT2D eigenvalue weighted by atomic mass is 16.2. The summed E-state index contributed by atoms with van der Waals surface area (Å²) >= 11 is 0. The largest absolute Gasteiger partial charge is 0.331 e. The molecule has 0 aromatic rings. The molecule has 0 radical (unpaired) electrons. The summed E-state index contributed by atoms with van der Waals surface area (Å²) in [6.07, 6.45) is 1.40. The number of Topliss-reactive ketones (excluding diaryl/α,β-unsaturated/α-hetero) is 1. The summed E-state index contributed by atoms with van der Waals surface area (Å²) in [4.78, 5) is 23.9. The first-order valence-corrected chi connectivity index (χ1v) is 4.33. The van der Waals surface area contributed by atoms with Gasteiger partial charge < -0.3 is 10.2 Å². The van der Waals surface area contributed by atoms with E-state index in [0.717, 1.165) is 19.5 Å². The molecule has 1 atom stereocenters. The first-order chi connectivity index (χ1) is 5.79. The van der Waals surface area contributed by atoms with Crippen LogP contribution in [0.2, 0.25) is 0 Å². The van der Waals surface area contributed by atoms with Crippen molar-refractivity contribution in [3.63, 3.8) is 0 Å². The number of carbonyl (C=O) groups excluding carboxylic acids is 2. The van der Waals surface area contributed by atoms with Gasteiger partial charge in [0.05, 0.1) is 0 Å². The number of hydrogen-bond donors (Lipinski definition) is 1. The number of rotatable bonds is 1. The molecule has 2 saturated heterocycles. The van der Waals surface area contributed by atoms with E-state index in [2.05, 4.69) is 5.32 Å². The number of ketones is 1. The molecule has 2 heterocycles. The Morgan fingerprint density at radius 2 is 2.25 bits per heavy atom. The Morgan fingerprint density at radius 1 is 1.42 bits per heavy atom. The minimum Gasteiger partial charge on any atom is -0.331 e. The van der Waals surface area contributed by atoms with Gasteiger partial charge in [-0.25, -0.2) is 0 Å². The minimum absolute atomic E-state index is 0.220. The number of hydrogen-bond acceptors (Lipinski definition) is 3. The molecule has 2 fully saturated rings. The predicted octanol–water partition coefficient (Wildman–Crippen LogP) is -0.850. The van der Waals surface area contributed by atoms with Gasteiger partial charge in [0, 0.05) is 25.6 Å². The van der Waals surface area contributed by atoms with Crippen molar-refractivity contribution in [2.75, 3.05) is 19.6 Å². The van der Waals surface area contributed by atoms with Crippen molar-refractivity contribution in [3.05, 3.63) is 0 Å². The van der Waals surface area contributed by atoms with E-state index in [-0.39, 0.29) is 17.7 Å². The summed E-state index contributed by atoms with van der Waals surface area (Å²) in [5.74, 6) is -0.495. The van der Waals surface area contributed by atoms with E-state index < -0.39 is 0 Å². The molecule has 0 aromatic heterocycles.